The van der Waals surface area contributed by atoms with Crippen molar-refractivity contribution in [1.29, 1.82) is 0 Å². The van der Waals surface area contributed by atoms with Crippen LogP contribution in [0.3, 0.4) is 0 Å². The fraction of sp³-hybridized carbons (Fsp3) is 0.222. The fourth-order valence-electron chi connectivity index (χ4n) is 1.96. The molecule has 2 aromatic carbocycles. The van der Waals surface area contributed by atoms with Crippen LogP contribution in [-0.4, -0.2) is 23.7 Å². The number of thioether (sulfide) groups is 1. The molecule has 1 N–H and O–H groups in total. The van der Waals surface area contributed by atoms with Crippen LogP contribution in [0.15, 0.2) is 51.8 Å². The van der Waals surface area contributed by atoms with E-state index in [1.54, 1.807) is 6.07 Å². The van der Waals surface area contributed by atoms with Gasteiger partial charge in [-0.05, 0) is 43.7 Å². The van der Waals surface area contributed by atoms with Gasteiger partial charge >= 0.3 is 5.97 Å². The highest BCUT2D eigenvalue weighted by Crippen LogP contribution is 2.22. The number of hydrogen-bond acceptors (Lipinski definition) is 4. The van der Waals surface area contributed by atoms with Crippen LogP contribution in [0.5, 0.6) is 0 Å². The lowest BCUT2D eigenvalue weighted by atomic mass is 10.2. The minimum atomic E-state index is -1.02. The molecule has 0 aromatic heterocycles. The van der Waals surface area contributed by atoms with Crippen molar-refractivity contribution in [3.8, 4) is 0 Å². The second kappa shape index (κ2) is 9.01. The number of hydrogen-bond donors (Lipinski definition) is 1. The molecule has 0 spiro atoms. The topological polar surface area (TPSA) is 55.4 Å². The molecule has 4 nitrogen and oxygen atoms in total. The predicted molar refractivity (Wildman–Crippen MR) is 100 cm³/mol. The number of halogens is 2. The van der Waals surface area contributed by atoms with Crippen molar-refractivity contribution >= 4 is 45.3 Å². The normalized spacial score (nSPS) is 11.7. The Morgan fingerprint density at radius 1 is 1.28 bits per heavy atom. The van der Waals surface area contributed by atoms with Crippen molar-refractivity contribution in [2.45, 2.75) is 24.8 Å². The maximum Gasteiger partial charge on any atom is 0.317 e. The van der Waals surface area contributed by atoms with Crippen LogP contribution in [0.2, 0.25) is 0 Å². The zero-order valence-corrected chi connectivity index (χ0v) is 16.1. The van der Waals surface area contributed by atoms with E-state index < -0.39 is 23.8 Å². The van der Waals surface area contributed by atoms with Crippen molar-refractivity contribution in [3.05, 3.63) is 58.3 Å². The van der Waals surface area contributed by atoms with Gasteiger partial charge in [-0.25, -0.2) is 4.39 Å². The van der Waals surface area contributed by atoms with Gasteiger partial charge in [0.2, 0.25) is 0 Å². The van der Waals surface area contributed by atoms with Crippen molar-refractivity contribution in [1.82, 2.24) is 0 Å². The van der Waals surface area contributed by atoms with Gasteiger partial charge in [-0.3, -0.25) is 9.59 Å². The monoisotopic (exact) mass is 425 g/mol. The largest absolute Gasteiger partial charge is 0.452 e. The van der Waals surface area contributed by atoms with Gasteiger partial charge < -0.3 is 10.1 Å². The summed E-state index contributed by atoms with van der Waals surface area (Å²) in [4.78, 5) is 24.9. The van der Waals surface area contributed by atoms with Gasteiger partial charge in [-0.15, -0.1) is 11.8 Å². The van der Waals surface area contributed by atoms with Gasteiger partial charge in [0, 0.05) is 9.37 Å². The third-order valence-electron chi connectivity index (χ3n) is 3.31. The molecule has 0 heterocycles. The lowest BCUT2D eigenvalue weighted by Crippen LogP contribution is -2.30. The van der Waals surface area contributed by atoms with E-state index in [0.717, 1.165) is 10.5 Å². The Morgan fingerprint density at radius 2 is 2.00 bits per heavy atom. The van der Waals surface area contributed by atoms with Crippen LogP contribution in [0, 0.1) is 12.7 Å². The number of benzene rings is 2. The summed E-state index contributed by atoms with van der Waals surface area (Å²) in [6.07, 6.45) is -1.02. The standard InChI is InChI=1S/C18H17BrFNO3S/c1-11-5-3-4-6-16(11)25-10-17(22)24-12(2)18(23)21-15-8-7-13(19)9-14(15)20/h3-9,12H,10H2,1-2H3,(H,21,23). The lowest BCUT2D eigenvalue weighted by molar-refractivity contribution is -0.150. The summed E-state index contributed by atoms with van der Waals surface area (Å²) in [6, 6.07) is 12.0. The average molecular weight is 426 g/mol. The van der Waals surface area contributed by atoms with Crippen LogP contribution in [0.1, 0.15) is 12.5 Å². The Bertz CT molecular complexity index is 785. The minimum absolute atomic E-state index is 0.0328. The zero-order chi connectivity index (χ0) is 18.4. The van der Waals surface area contributed by atoms with Crippen LogP contribution >= 0.6 is 27.7 Å². The SMILES string of the molecule is Cc1ccccc1SCC(=O)OC(C)C(=O)Nc1ccc(Br)cc1F. The summed E-state index contributed by atoms with van der Waals surface area (Å²) < 4.78 is 19.4. The third kappa shape index (κ3) is 5.86. The van der Waals surface area contributed by atoms with E-state index in [1.165, 1.54) is 30.8 Å². The van der Waals surface area contributed by atoms with Gasteiger partial charge in [-0.1, -0.05) is 34.1 Å². The smallest absolute Gasteiger partial charge is 0.317 e. The highest BCUT2D eigenvalue weighted by atomic mass is 79.9. The number of ether oxygens (including phenoxy) is 1. The molecule has 0 bridgehead atoms. The van der Waals surface area contributed by atoms with Gasteiger partial charge in [0.25, 0.3) is 5.91 Å². The van der Waals surface area contributed by atoms with Crippen LogP contribution < -0.4 is 5.32 Å². The molecule has 0 aliphatic carbocycles. The number of nitrogens with one attached hydrogen (secondary N) is 1. The number of anilines is 1. The molecule has 1 atom stereocenters. The Balaban J connectivity index is 1.85. The first kappa shape index (κ1) is 19.5. The molecule has 25 heavy (non-hydrogen) atoms. The summed E-state index contributed by atoms with van der Waals surface area (Å²) in [5.74, 6) is -1.58. The number of rotatable bonds is 6. The Morgan fingerprint density at radius 3 is 2.68 bits per heavy atom. The Hall–Kier alpha value is -1.86. The van der Waals surface area contributed by atoms with E-state index in [1.807, 2.05) is 31.2 Å². The molecule has 0 fully saturated rings. The van der Waals surface area contributed by atoms with E-state index in [4.69, 9.17) is 4.74 Å². The molecule has 0 radical (unpaired) electrons. The molecule has 7 heteroatoms. The molecule has 0 aliphatic rings. The maximum atomic E-state index is 13.7. The summed E-state index contributed by atoms with van der Waals surface area (Å²) in [5, 5.41) is 2.41. The summed E-state index contributed by atoms with van der Waals surface area (Å²) in [6.45, 7) is 3.40. The van der Waals surface area contributed by atoms with E-state index in [0.29, 0.717) is 4.47 Å². The van der Waals surface area contributed by atoms with E-state index >= 15 is 0 Å². The molecule has 2 rings (SSSR count). The lowest BCUT2D eigenvalue weighted by Gasteiger charge is -2.14. The maximum absolute atomic E-state index is 13.7. The first-order valence-electron chi connectivity index (χ1n) is 7.50. The molecule has 0 aliphatic heterocycles. The van der Waals surface area contributed by atoms with Crippen molar-refractivity contribution in [3.63, 3.8) is 0 Å². The number of carbonyl (C=O) groups excluding carboxylic acids is 2. The van der Waals surface area contributed by atoms with Crippen molar-refractivity contribution in [2.24, 2.45) is 0 Å². The summed E-state index contributed by atoms with van der Waals surface area (Å²) in [7, 11) is 0. The molecule has 132 valence electrons. The van der Waals surface area contributed by atoms with E-state index in [-0.39, 0.29) is 11.4 Å². The number of aryl methyl sites for hydroxylation is 1. The van der Waals surface area contributed by atoms with E-state index in [2.05, 4.69) is 21.2 Å². The van der Waals surface area contributed by atoms with E-state index in [9.17, 15) is 14.0 Å². The Labute approximate surface area is 158 Å². The molecular weight excluding hydrogens is 409 g/mol. The third-order valence-corrected chi connectivity index (χ3v) is 4.95. The number of carbonyl (C=O) groups is 2. The fourth-order valence-corrected chi connectivity index (χ4v) is 3.11. The van der Waals surface area contributed by atoms with Gasteiger partial charge in [0.1, 0.15) is 5.82 Å². The predicted octanol–water partition coefficient (Wildman–Crippen LogP) is 4.56. The molecule has 1 unspecified atom stereocenters. The van der Waals surface area contributed by atoms with Gasteiger partial charge in [0.15, 0.2) is 6.10 Å². The van der Waals surface area contributed by atoms with Crippen LogP contribution in [0.25, 0.3) is 0 Å². The van der Waals surface area contributed by atoms with Crippen molar-refractivity contribution < 1.29 is 18.7 Å². The molecular formula is C18H17BrFNO3S. The Kier molecular flexibility index (Phi) is 7.01. The number of amides is 1. The second-order valence-electron chi connectivity index (χ2n) is 5.30. The van der Waals surface area contributed by atoms with Crippen molar-refractivity contribution in [2.75, 3.05) is 11.1 Å². The van der Waals surface area contributed by atoms with Crippen LogP contribution in [0.4, 0.5) is 10.1 Å². The van der Waals surface area contributed by atoms with Crippen LogP contribution in [-0.2, 0) is 14.3 Å². The zero-order valence-electron chi connectivity index (χ0n) is 13.7. The minimum Gasteiger partial charge on any atom is -0.452 e. The second-order valence-corrected chi connectivity index (χ2v) is 7.23. The van der Waals surface area contributed by atoms with Gasteiger partial charge in [0.05, 0.1) is 11.4 Å². The molecule has 2 aromatic rings. The number of esters is 1. The summed E-state index contributed by atoms with van der Waals surface area (Å²) in [5.41, 5.74) is 1.10. The van der Waals surface area contributed by atoms with Gasteiger partial charge in [-0.2, -0.15) is 0 Å². The summed E-state index contributed by atoms with van der Waals surface area (Å²) >= 11 is 4.49. The molecule has 0 saturated carbocycles. The molecule has 1 amide bonds. The highest BCUT2D eigenvalue weighted by molar-refractivity contribution is 9.10. The first-order valence-corrected chi connectivity index (χ1v) is 9.28. The quantitative estimate of drug-likeness (QED) is 0.544. The first-order chi connectivity index (χ1) is 11.9. The molecule has 0 saturated heterocycles. The highest BCUT2D eigenvalue weighted by Gasteiger charge is 2.19. The average Bonchev–Trinajstić information content (AvgIpc) is 2.56.